The summed E-state index contributed by atoms with van der Waals surface area (Å²) in [5.74, 6) is 0. The molecule has 0 aliphatic carbocycles. The molecule has 0 fully saturated rings. The third-order valence-electron chi connectivity index (χ3n) is 3.18. The molecule has 0 saturated heterocycles. The van der Waals surface area contributed by atoms with Gasteiger partial charge in [0.25, 0.3) is 0 Å². The van der Waals surface area contributed by atoms with Crippen LogP contribution in [0.5, 0.6) is 0 Å². The van der Waals surface area contributed by atoms with Gasteiger partial charge in [-0.25, -0.2) is 4.79 Å². The zero-order chi connectivity index (χ0) is 16.9. The molecule has 6 nitrogen and oxygen atoms in total. The predicted octanol–water partition coefficient (Wildman–Crippen LogP) is 2.57. The lowest BCUT2D eigenvalue weighted by atomic mass is 10.1. The van der Waals surface area contributed by atoms with E-state index in [0.29, 0.717) is 13.1 Å². The molecule has 2 N–H and O–H groups in total. The van der Waals surface area contributed by atoms with Gasteiger partial charge < -0.3 is 15.2 Å². The Morgan fingerprint density at radius 2 is 2.00 bits per heavy atom. The molecule has 0 radical (unpaired) electrons. The SMILES string of the molecule is CC(C)(C)OC(=O)NCCn1ncc(-c2ccccc2)c1CO. The number of ether oxygens (including phenoxy) is 1. The topological polar surface area (TPSA) is 76.4 Å². The summed E-state index contributed by atoms with van der Waals surface area (Å²) in [5, 5.41) is 16.6. The van der Waals surface area contributed by atoms with E-state index in [1.54, 1.807) is 10.9 Å². The lowest BCUT2D eigenvalue weighted by molar-refractivity contribution is 0.0525. The smallest absolute Gasteiger partial charge is 0.407 e. The van der Waals surface area contributed by atoms with Crippen molar-refractivity contribution >= 4 is 6.09 Å². The average molecular weight is 317 g/mol. The fourth-order valence-electron chi connectivity index (χ4n) is 2.21. The van der Waals surface area contributed by atoms with E-state index in [1.807, 2.05) is 51.1 Å². The highest BCUT2D eigenvalue weighted by atomic mass is 16.6. The van der Waals surface area contributed by atoms with Gasteiger partial charge >= 0.3 is 6.09 Å². The van der Waals surface area contributed by atoms with Crippen molar-refractivity contribution < 1.29 is 14.6 Å². The van der Waals surface area contributed by atoms with Crippen LogP contribution in [0, 0.1) is 0 Å². The second-order valence-electron chi connectivity index (χ2n) is 6.18. The molecule has 124 valence electrons. The predicted molar refractivity (Wildman–Crippen MR) is 87.8 cm³/mol. The van der Waals surface area contributed by atoms with E-state index in [4.69, 9.17) is 4.74 Å². The van der Waals surface area contributed by atoms with Crippen molar-refractivity contribution in [2.45, 2.75) is 39.5 Å². The highest BCUT2D eigenvalue weighted by Crippen LogP contribution is 2.23. The van der Waals surface area contributed by atoms with Gasteiger partial charge in [0.05, 0.1) is 25.0 Å². The number of benzene rings is 1. The minimum absolute atomic E-state index is 0.114. The lowest BCUT2D eigenvalue weighted by Gasteiger charge is -2.19. The van der Waals surface area contributed by atoms with E-state index >= 15 is 0 Å². The van der Waals surface area contributed by atoms with Gasteiger partial charge in [0.1, 0.15) is 5.60 Å². The molecule has 6 heteroatoms. The molecule has 1 aromatic carbocycles. The summed E-state index contributed by atoms with van der Waals surface area (Å²) in [5.41, 5.74) is 2.10. The van der Waals surface area contributed by atoms with Crippen LogP contribution in [-0.2, 0) is 17.9 Å². The van der Waals surface area contributed by atoms with Crippen molar-refractivity contribution in [3.05, 3.63) is 42.2 Å². The molecule has 0 aliphatic heterocycles. The van der Waals surface area contributed by atoms with Crippen molar-refractivity contribution in [1.29, 1.82) is 0 Å². The molecule has 0 unspecified atom stereocenters. The Hall–Kier alpha value is -2.34. The summed E-state index contributed by atoms with van der Waals surface area (Å²) in [7, 11) is 0. The van der Waals surface area contributed by atoms with Gasteiger partial charge in [0.15, 0.2) is 0 Å². The molecule has 1 amide bonds. The van der Waals surface area contributed by atoms with E-state index in [-0.39, 0.29) is 6.61 Å². The van der Waals surface area contributed by atoms with Crippen LogP contribution in [0.15, 0.2) is 36.5 Å². The monoisotopic (exact) mass is 317 g/mol. The van der Waals surface area contributed by atoms with Crippen molar-refractivity contribution in [2.24, 2.45) is 0 Å². The first kappa shape index (κ1) is 17.0. The maximum atomic E-state index is 11.6. The molecule has 2 rings (SSSR count). The number of carbonyl (C=O) groups excluding carboxylic acids is 1. The molecule has 0 bridgehead atoms. The standard InChI is InChI=1S/C17H23N3O3/c1-17(2,3)23-16(22)18-9-10-20-15(12-21)14(11-19-20)13-7-5-4-6-8-13/h4-8,11,21H,9-10,12H2,1-3H3,(H,18,22). The molecule has 23 heavy (non-hydrogen) atoms. The molecular formula is C17H23N3O3. The van der Waals surface area contributed by atoms with Gasteiger partial charge in [-0.2, -0.15) is 5.10 Å². The Bertz CT molecular complexity index is 645. The maximum Gasteiger partial charge on any atom is 0.407 e. The number of aliphatic hydroxyl groups is 1. The number of carbonyl (C=O) groups is 1. The number of amides is 1. The first-order valence-corrected chi connectivity index (χ1v) is 7.58. The fraction of sp³-hybridized carbons (Fsp3) is 0.412. The van der Waals surface area contributed by atoms with Gasteiger partial charge in [-0.1, -0.05) is 30.3 Å². The van der Waals surface area contributed by atoms with Crippen LogP contribution in [0.1, 0.15) is 26.5 Å². The Kier molecular flexibility index (Phi) is 5.39. The Balaban J connectivity index is 1.99. The number of alkyl carbamates (subject to hydrolysis) is 1. The summed E-state index contributed by atoms with van der Waals surface area (Å²) < 4.78 is 6.87. The fourth-order valence-corrected chi connectivity index (χ4v) is 2.21. The number of nitrogens with one attached hydrogen (secondary N) is 1. The normalized spacial score (nSPS) is 11.3. The second kappa shape index (κ2) is 7.28. The molecule has 1 aromatic heterocycles. The van der Waals surface area contributed by atoms with Crippen LogP contribution >= 0.6 is 0 Å². The zero-order valence-electron chi connectivity index (χ0n) is 13.7. The summed E-state index contributed by atoms with van der Waals surface area (Å²) in [4.78, 5) is 11.6. The van der Waals surface area contributed by atoms with Crippen LogP contribution in [0.2, 0.25) is 0 Å². The van der Waals surface area contributed by atoms with Gasteiger partial charge in [-0.05, 0) is 26.3 Å². The third-order valence-corrected chi connectivity index (χ3v) is 3.18. The molecule has 0 atom stereocenters. The summed E-state index contributed by atoms with van der Waals surface area (Å²) >= 11 is 0. The van der Waals surface area contributed by atoms with Crippen molar-refractivity contribution in [3.8, 4) is 11.1 Å². The minimum Gasteiger partial charge on any atom is -0.444 e. The van der Waals surface area contributed by atoms with E-state index in [1.165, 1.54) is 0 Å². The maximum absolute atomic E-state index is 11.6. The van der Waals surface area contributed by atoms with Crippen LogP contribution in [0.25, 0.3) is 11.1 Å². The van der Waals surface area contributed by atoms with Crippen LogP contribution in [0.4, 0.5) is 4.79 Å². The second-order valence-corrected chi connectivity index (χ2v) is 6.18. The van der Waals surface area contributed by atoms with Gasteiger partial charge in [0.2, 0.25) is 0 Å². The Labute approximate surface area is 136 Å². The van der Waals surface area contributed by atoms with Gasteiger partial charge in [-0.3, -0.25) is 4.68 Å². The first-order chi connectivity index (χ1) is 10.9. The van der Waals surface area contributed by atoms with Crippen LogP contribution in [-0.4, -0.2) is 33.1 Å². The summed E-state index contributed by atoms with van der Waals surface area (Å²) in [6.07, 6.45) is 1.27. The van der Waals surface area contributed by atoms with Gasteiger partial charge in [-0.15, -0.1) is 0 Å². The number of aliphatic hydroxyl groups excluding tert-OH is 1. The summed E-state index contributed by atoms with van der Waals surface area (Å²) in [6, 6.07) is 9.77. The van der Waals surface area contributed by atoms with Gasteiger partial charge in [0, 0.05) is 12.1 Å². The Morgan fingerprint density at radius 3 is 2.61 bits per heavy atom. The number of aromatic nitrogens is 2. The van der Waals surface area contributed by atoms with Crippen LogP contribution < -0.4 is 5.32 Å². The zero-order valence-corrected chi connectivity index (χ0v) is 13.7. The number of hydrogen-bond acceptors (Lipinski definition) is 4. The van der Waals surface area contributed by atoms with E-state index in [9.17, 15) is 9.90 Å². The molecule has 1 heterocycles. The van der Waals surface area contributed by atoms with Crippen molar-refractivity contribution in [1.82, 2.24) is 15.1 Å². The van der Waals surface area contributed by atoms with Crippen molar-refractivity contribution in [3.63, 3.8) is 0 Å². The molecule has 0 spiro atoms. The Morgan fingerprint density at radius 1 is 1.30 bits per heavy atom. The molecular weight excluding hydrogens is 294 g/mol. The largest absolute Gasteiger partial charge is 0.444 e. The highest BCUT2D eigenvalue weighted by Gasteiger charge is 2.16. The summed E-state index contributed by atoms with van der Waals surface area (Å²) in [6.45, 7) is 6.17. The van der Waals surface area contributed by atoms with E-state index in [0.717, 1.165) is 16.8 Å². The number of hydrogen-bond donors (Lipinski definition) is 2. The minimum atomic E-state index is -0.521. The average Bonchev–Trinajstić information content (AvgIpc) is 2.89. The number of rotatable bonds is 5. The number of nitrogens with zero attached hydrogens (tertiary/aromatic N) is 2. The molecule has 0 saturated carbocycles. The molecule has 0 aliphatic rings. The van der Waals surface area contributed by atoms with E-state index in [2.05, 4.69) is 10.4 Å². The highest BCUT2D eigenvalue weighted by molar-refractivity contribution is 5.67. The lowest BCUT2D eigenvalue weighted by Crippen LogP contribution is -2.34. The van der Waals surface area contributed by atoms with Crippen LogP contribution in [0.3, 0.4) is 0 Å². The third kappa shape index (κ3) is 4.82. The van der Waals surface area contributed by atoms with E-state index < -0.39 is 11.7 Å². The molecule has 2 aromatic rings. The quantitative estimate of drug-likeness (QED) is 0.888. The van der Waals surface area contributed by atoms with Crippen molar-refractivity contribution in [2.75, 3.05) is 6.54 Å². The first-order valence-electron chi connectivity index (χ1n) is 7.58.